The minimum atomic E-state index is 0.192. The number of ketones is 1. The molecule has 2 heteroatoms. The minimum absolute atomic E-state index is 0.192. The Morgan fingerprint density at radius 2 is 2.56 bits per heavy atom. The molecule has 1 fully saturated rings. The summed E-state index contributed by atoms with van der Waals surface area (Å²) in [6, 6.07) is 0. The maximum absolute atomic E-state index is 10.7. The van der Waals surface area contributed by atoms with E-state index in [1.807, 2.05) is 0 Å². The predicted octanol–water partition coefficient (Wildman–Crippen LogP) is 0.699. The summed E-state index contributed by atoms with van der Waals surface area (Å²) in [5.41, 5.74) is 0.996. The van der Waals surface area contributed by atoms with Crippen LogP contribution >= 0.6 is 0 Å². The van der Waals surface area contributed by atoms with Gasteiger partial charge in [0.15, 0.2) is 0 Å². The number of rotatable bonds is 1. The lowest BCUT2D eigenvalue weighted by Gasteiger charge is -1.97. The monoisotopic (exact) mass is 125 g/mol. The molecule has 1 atom stereocenters. The van der Waals surface area contributed by atoms with Gasteiger partial charge < -0.3 is 5.32 Å². The fraction of sp³-hybridized carbons (Fsp3) is 0.571. The van der Waals surface area contributed by atoms with E-state index in [4.69, 9.17) is 0 Å². The molecule has 1 aliphatic heterocycles. The Balaban J connectivity index is 2.48. The molecular weight excluding hydrogens is 114 g/mol. The van der Waals surface area contributed by atoms with Crippen molar-refractivity contribution < 1.29 is 4.79 Å². The van der Waals surface area contributed by atoms with Gasteiger partial charge in [0, 0.05) is 18.2 Å². The van der Waals surface area contributed by atoms with Gasteiger partial charge in [-0.15, -0.1) is 0 Å². The highest BCUT2D eigenvalue weighted by Gasteiger charge is 2.20. The van der Waals surface area contributed by atoms with Crippen LogP contribution in [0.2, 0.25) is 0 Å². The molecule has 0 spiro atoms. The lowest BCUT2D eigenvalue weighted by Crippen LogP contribution is -2.14. The van der Waals surface area contributed by atoms with E-state index in [1.54, 1.807) is 6.92 Å². The number of hydrogen-bond donors (Lipinski definition) is 1. The SMILES string of the molecule is C=C1C[C@@H](C(C)=O)CN1. The van der Waals surface area contributed by atoms with Gasteiger partial charge in [0.05, 0.1) is 0 Å². The van der Waals surface area contributed by atoms with Gasteiger partial charge in [-0.05, 0) is 13.3 Å². The fourth-order valence-electron chi connectivity index (χ4n) is 0.997. The van der Waals surface area contributed by atoms with E-state index < -0.39 is 0 Å². The number of Topliss-reactive ketones (excluding diaryl/α,β-unsaturated/α-hetero) is 1. The van der Waals surface area contributed by atoms with E-state index in [1.165, 1.54) is 0 Å². The smallest absolute Gasteiger partial charge is 0.135 e. The van der Waals surface area contributed by atoms with Crippen molar-refractivity contribution in [2.24, 2.45) is 5.92 Å². The molecule has 1 aliphatic rings. The van der Waals surface area contributed by atoms with Crippen LogP contribution in [0.5, 0.6) is 0 Å². The van der Waals surface area contributed by atoms with Crippen LogP contribution in [-0.2, 0) is 4.79 Å². The molecule has 2 nitrogen and oxygen atoms in total. The van der Waals surface area contributed by atoms with Crippen molar-refractivity contribution in [3.63, 3.8) is 0 Å². The highest BCUT2D eigenvalue weighted by Crippen LogP contribution is 2.15. The number of allylic oxidation sites excluding steroid dienone is 1. The van der Waals surface area contributed by atoms with Crippen LogP contribution in [0.3, 0.4) is 0 Å². The van der Waals surface area contributed by atoms with Crippen LogP contribution in [0.1, 0.15) is 13.3 Å². The van der Waals surface area contributed by atoms with Crippen molar-refractivity contribution in [3.05, 3.63) is 12.3 Å². The van der Waals surface area contributed by atoms with Gasteiger partial charge in [-0.3, -0.25) is 4.79 Å². The Kier molecular flexibility index (Phi) is 1.56. The zero-order valence-corrected chi connectivity index (χ0v) is 5.61. The van der Waals surface area contributed by atoms with Crippen LogP contribution in [0.15, 0.2) is 12.3 Å². The topological polar surface area (TPSA) is 29.1 Å². The second kappa shape index (κ2) is 2.21. The molecule has 0 unspecified atom stereocenters. The van der Waals surface area contributed by atoms with Crippen LogP contribution in [0.25, 0.3) is 0 Å². The molecule has 0 bridgehead atoms. The van der Waals surface area contributed by atoms with Crippen molar-refractivity contribution in [3.8, 4) is 0 Å². The Hall–Kier alpha value is -0.790. The molecule has 1 rings (SSSR count). The summed E-state index contributed by atoms with van der Waals surface area (Å²) in [4.78, 5) is 10.7. The molecule has 1 saturated heterocycles. The normalized spacial score (nSPS) is 25.9. The molecule has 0 aromatic carbocycles. The van der Waals surface area contributed by atoms with Gasteiger partial charge in [-0.1, -0.05) is 6.58 Å². The van der Waals surface area contributed by atoms with Crippen molar-refractivity contribution in [1.82, 2.24) is 5.32 Å². The average molecular weight is 125 g/mol. The number of carbonyl (C=O) groups excluding carboxylic acids is 1. The first kappa shape index (κ1) is 6.33. The van der Waals surface area contributed by atoms with E-state index in [0.717, 1.165) is 18.7 Å². The quantitative estimate of drug-likeness (QED) is 0.559. The second-order valence-electron chi connectivity index (χ2n) is 2.50. The lowest BCUT2D eigenvalue weighted by molar-refractivity contribution is -0.120. The van der Waals surface area contributed by atoms with Crippen LogP contribution < -0.4 is 5.32 Å². The summed E-state index contributed by atoms with van der Waals surface area (Å²) < 4.78 is 0. The van der Waals surface area contributed by atoms with Gasteiger partial charge in [-0.25, -0.2) is 0 Å². The summed E-state index contributed by atoms with van der Waals surface area (Å²) in [6.45, 7) is 6.14. The van der Waals surface area contributed by atoms with E-state index in [-0.39, 0.29) is 11.7 Å². The highest BCUT2D eigenvalue weighted by atomic mass is 16.1. The first-order valence-electron chi connectivity index (χ1n) is 3.12. The maximum Gasteiger partial charge on any atom is 0.135 e. The third kappa shape index (κ3) is 1.31. The van der Waals surface area contributed by atoms with E-state index in [2.05, 4.69) is 11.9 Å². The van der Waals surface area contributed by atoms with Crippen LogP contribution in [0.4, 0.5) is 0 Å². The van der Waals surface area contributed by atoms with E-state index >= 15 is 0 Å². The molecule has 0 saturated carbocycles. The largest absolute Gasteiger partial charge is 0.388 e. The third-order valence-electron chi connectivity index (χ3n) is 1.67. The zero-order valence-electron chi connectivity index (χ0n) is 5.61. The first-order chi connectivity index (χ1) is 4.20. The van der Waals surface area contributed by atoms with Gasteiger partial charge in [0.2, 0.25) is 0 Å². The molecule has 0 aromatic rings. The molecular formula is C7H11NO. The summed E-state index contributed by atoms with van der Waals surface area (Å²) in [5, 5.41) is 3.04. The molecule has 50 valence electrons. The highest BCUT2D eigenvalue weighted by molar-refractivity contribution is 5.79. The van der Waals surface area contributed by atoms with Crippen LogP contribution in [0, 0.1) is 5.92 Å². The molecule has 1 heterocycles. The van der Waals surface area contributed by atoms with Gasteiger partial charge in [0.25, 0.3) is 0 Å². The van der Waals surface area contributed by atoms with Crippen molar-refractivity contribution in [1.29, 1.82) is 0 Å². The van der Waals surface area contributed by atoms with Crippen molar-refractivity contribution in [2.45, 2.75) is 13.3 Å². The maximum atomic E-state index is 10.7. The van der Waals surface area contributed by atoms with Gasteiger partial charge in [0.1, 0.15) is 5.78 Å². The molecule has 0 aromatic heterocycles. The fourth-order valence-corrected chi connectivity index (χ4v) is 0.997. The Morgan fingerprint density at radius 3 is 2.78 bits per heavy atom. The number of nitrogens with one attached hydrogen (secondary N) is 1. The standard InChI is InChI=1S/C7H11NO/c1-5-3-7(4-8-5)6(2)9/h7-8H,1,3-4H2,2H3/t7-/m1/s1. The number of carbonyl (C=O) groups is 1. The minimum Gasteiger partial charge on any atom is -0.388 e. The average Bonchev–Trinajstić information content (AvgIpc) is 2.14. The molecule has 9 heavy (non-hydrogen) atoms. The van der Waals surface area contributed by atoms with Crippen molar-refractivity contribution >= 4 is 5.78 Å². The van der Waals surface area contributed by atoms with Gasteiger partial charge in [-0.2, -0.15) is 0 Å². The molecule has 1 N–H and O–H groups in total. The van der Waals surface area contributed by atoms with Crippen LogP contribution in [-0.4, -0.2) is 12.3 Å². The predicted molar refractivity (Wildman–Crippen MR) is 35.9 cm³/mol. The summed E-state index contributed by atoms with van der Waals surface area (Å²) in [7, 11) is 0. The van der Waals surface area contributed by atoms with E-state index in [0.29, 0.717) is 0 Å². The second-order valence-corrected chi connectivity index (χ2v) is 2.50. The van der Waals surface area contributed by atoms with E-state index in [9.17, 15) is 4.79 Å². The number of hydrogen-bond acceptors (Lipinski definition) is 2. The summed E-state index contributed by atoms with van der Waals surface area (Å²) >= 11 is 0. The Morgan fingerprint density at radius 1 is 1.89 bits per heavy atom. The Bertz CT molecular complexity index is 151. The lowest BCUT2D eigenvalue weighted by atomic mass is 10.0. The molecule has 0 amide bonds. The van der Waals surface area contributed by atoms with Gasteiger partial charge >= 0.3 is 0 Å². The van der Waals surface area contributed by atoms with Crippen molar-refractivity contribution in [2.75, 3.05) is 6.54 Å². The molecule has 0 aliphatic carbocycles. The first-order valence-corrected chi connectivity index (χ1v) is 3.12. The third-order valence-corrected chi connectivity index (χ3v) is 1.67. The molecule has 0 radical (unpaired) electrons. The summed E-state index contributed by atoms with van der Waals surface area (Å²) in [6.07, 6.45) is 0.829. The summed E-state index contributed by atoms with van der Waals surface area (Å²) in [5.74, 6) is 0.457. The zero-order chi connectivity index (χ0) is 6.85. The Labute approximate surface area is 54.9 Å².